The molecule has 7 heteroatoms. The molecule has 1 aliphatic carbocycles. The third-order valence-electron chi connectivity index (χ3n) is 4.63. The van der Waals surface area contributed by atoms with Crippen molar-refractivity contribution in [3.8, 4) is 17.2 Å². The highest BCUT2D eigenvalue weighted by Crippen LogP contribution is 2.32. The van der Waals surface area contributed by atoms with Gasteiger partial charge in [-0.2, -0.15) is 0 Å². The van der Waals surface area contributed by atoms with Crippen molar-refractivity contribution in [3.05, 3.63) is 64.8 Å². The van der Waals surface area contributed by atoms with Crippen molar-refractivity contribution in [2.24, 2.45) is 0 Å². The van der Waals surface area contributed by atoms with Crippen LogP contribution in [0, 0.1) is 5.82 Å². The Morgan fingerprint density at radius 2 is 1.93 bits per heavy atom. The monoisotopic (exact) mass is 387 g/mol. The molecule has 0 atom stereocenters. The molecule has 0 bridgehead atoms. The normalized spacial score (nSPS) is 13.9. The van der Waals surface area contributed by atoms with Gasteiger partial charge < -0.3 is 9.15 Å². The average molecular weight is 388 g/mol. The zero-order valence-corrected chi connectivity index (χ0v) is 15.6. The molecule has 140 valence electrons. The van der Waals surface area contributed by atoms with E-state index in [0.717, 1.165) is 24.2 Å². The van der Waals surface area contributed by atoms with Gasteiger partial charge in [-0.25, -0.2) is 4.39 Å². The first kappa shape index (κ1) is 17.9. The van der Waals surface area contributed by atoms with Gasteiger partial charge in [0.25, 0.3) is 0 Å². The first-order valence-electron chi connectivity index (χ1n) is 8.78. The number of nitrogens with zero attached hydrogens (tertiary/aromatic N) is 3. The number of ether oxygens (including phenoxy) is 1. The zero-order chi connectivity index (χ0) is 18.8. The first-order chi connectivity index (χ1) is 13.1. The maximum atomic E-state index is 14.1. The molecule has 0 unspecified atom stereocenters. The Hall–Kier alpha value is -2.44. The molecule has 5 nitrogen and oxygen atoms in total. The maximum Gasteiger partial charge on any atom is 0.247 e. The van der Waals surface area contributed by atoms with Gasteiger partial charge in [-0.05, 0) is 49.2 Å². The third kappa shape index (κ3) is 4.12. The molecule has 0 N–H and O–H groups in total. The standard InChI is InChI=1S/C20H19ClFN3O2/c1-26-15-9-5-13(6-10-15)20-24-23-19(27-20)12-25(14-7-8-14)11-16-17(21)3-2-4-18(16)22/h2-6,9-10,14H,7-8,11-12H2,1H3. The van der Waals surface area contributed by atoms with E-state index in [1.165, 1.54) is 6.07 Å². The largest absolute Gasteiger partial charge is 0.497 e. The van der Waals surface area contributed by atoms with Crippen LogP contribution in [0.1, 0.15) is 24.3 Å². The van der Waals surface area contributed by atoms with Gasteiger partial charge in [0.05, 0.1) is 13.7 Å². The second-order valence-electron chi connectivity index (χ2n) is 6.57. The van der Waals surface area contributed by atoms with Crippen molar-refractivity contribution in [2.45, 2.75) is 32.0 Å². The fourth-order valence-corrected chi connectivity index (χ4v) is 3.20. The van der Waals surface area contributed by atoms with E-state index in [2.05, 4.69) is 15.1 Å². The molecule has 2 aromatic carbocycles. The highest BCUT2D eigenvalue weighted by molar-refractivity contribution is 6.31. The predicted octanol–water partition coefficient (Wildman–Crippen LogP) is 4.70. The van der Waals surface area contributed by atoms with E-state index >= 15 is 0 Å². The summed E-state index contributed by atoms with van der Waals surface area (Å²) in [5, 5.41) is 8.72. The Balaban J connectivity index is 1.50. The van der Waals surface area contributed by atoms with Gasteiger partial charge in [0, 0.05) is 28.7 Å². The van der Waals surface area contributed by atoms with Crippen LogP contribution >= 0.6 is 11.6 Å². The Labute approximate surface area is 161 Å². The second kappa shape index (κ2) is 7.66. The molecule has 0 radical (unpaired) electrons. The van der Waals surface area contributed by atoms with Crippen LogP contribution in [-0.2, 0) is 13.1 Å². The summed E-state index contributed by atoms with van der Waals surface area (Å²) >= 11 is 6.18. The summed E-state index contributed by atoms with van der Waals surface area (Å²) in [6, 6.07) is 12.6. The molecular weight excluding hydrogens is 369 g/mol. The van der Waals surface area contributed by atoms with Crippen LogP contribution in [0.4, 0.5) is 4.39 Å². The molecule has 1 saturated carbocycles. The van der Waals surface area contributed by atoms with Crippen LogP contribution in [0.3, 0.4) is 0 Å². The molecule has 4 rings (SSSR count). The lowest BCUT2D eigenvalue weighted by Crippen LogP contribution is -2.26. The number of hydrogen-bond donors (Lipinski definition) is 0. The molecule has 0 aliphatic heterocycles. The third-order valence-corrected chi connectivity index (χ3v) is 4.98. The highest BCUT2D eigenvalue weighted by atomic mass is 35.5. The summed E-state index contributed by atoms with van der Waals surface area (Å²) in [5.74, 6) is 1.42. The van der Waals surface area contributed by atoms with Gasteiger partial charge in [-0.15, -0.1) is 10.2 Å². The molecule has 1 heterocycles. The lowest BCUT2D eigenvalue weighted by Gasteiger charge is -2.21. The smallest absolute Gasteiger partial charge is 0.247 e. The first-order valence-corrected chi connectivity index (χ1v) is 9.15. The topological polar surface area (TPSA) is 51.4 Å². The molecule has 1 fully saturated rings. The van der Waals surface area contributed by atoms with E-state index in [0.29, 0.717) is 41.5 Å². The molecule has 0 spiro atoms. The number of benzene rings is 2. The summed E-state index contributed by atoms with van der Waals surface area (Å²) < 4.78 is 25.1. The van der Waals surface area contributed by atoms with Gasteiger partial charge in [0.2, 0.25) is 11.8 Å². The summed E-state index contributed by atoms with van der Waals surface area (Å²) in [6.07, 6.45) is 2.15. The quantitative estimate of drug-likeness (QED) is 0.588. The van der Waals surface area contributed by atoms with Crippen molar-refractivity contribution in [1.29, 1.82) is 0 Å². The van der Waals surface area contributed by atoms with Crippen molar-refractivity contribution in [3.63, 3.8) is 0 Å². The average Bonchev–Trinajstić information content (AvgIpc) is 3.43. The van der Waals surface area contributed by atoms with E-state index in [1.807, 2.05) is 24.3 Å². The molecular formula is C20H19ClFN3O2. The van der Waals surface area contributed by atoms with Crippen LogP contribution in [0.25, 0.3) is 11.5 Å². The van der Waals surface area contributed by atoms with Crippen molar-refractivity contribution in [2.75, 3.05) is 7.11 Å². The number of halogens is 2. The molecule has 27 heavy (non-hydrogen) atoms. The number of rotatable bonds is 7. The highest BCUT2D eigenvalue weighted by Gasteiger charge is 2.31. The summed E-state index contributed by atoms with van der Waals surface area (Å²) in [6.45, 7) is 0.870. The Kier molecular flexibility index (Phi) is 5.09. The lowest BCUT2D eigenvalue weighted by atomic mass is 10.2. The van der Waals surface area contributed by atoms with E-state index < -0.39 is 0 Å². The van der Waals surface area contributed by atoms with Crippen LogP contribution in [0.15, 0.2) is 46.9 Å². The zero-order valence-electron chi connectivity index (χ0n) is 14.9. The number of aromatic nitrogens is 2. The molecule has 0 amide bonds. The Morgan fingerprint density at radius 3 is 2.59 bits per heavy atom. The van der Waals surface area contributed by atoms with E-state index in [9.17, 15) is 4.39 Å². The van der Waals surface area contributed by atoms with Gasteiger partial charge in [0.1, 0.15) is 11.6 Å². The fourth-order valence-electron chi connectivity index (χ4n) is 2.98. The Bertz CT molecular complexity index is 905. The summed E-state index contributed by atoms with van der Waals surface area (Å²) in [7, 11) is 1.62. The summed E-state index contributed by atoms with van der Waals surface area (Å²) in [4.78, 5) is 2.13. The van der Waals surface area contributed by atoms with Gasteiger partial charge in [-0.3, -0.25) is 4.90 Å². The maximum absolute atomic E-state index is 14.1. The van der Waals surface area contributed by atoms with E-state index in [1.54, 1.807) is 19.2 Å². The van der Waals surface area contributed by atoms with E-state index in [-0.39, 0.29) is 5.82 Å². The molecule has 1 aliphatic rings. The molecule has 3 aromatic rings. The number of methoxy groups -OCH3 is 1. The van der Waals surface area contributed by atoms with E-state index in [4.69, 9.17) is 20.8 Å². The lowest BCUT2D eigenvalue weighted by molar-refractivity contribution is 0.218. The van der Waals surface area contributed by atoms with Crippen LogP contribution in [0.2, 0.25) is 5.02 Å². The minimum absolute atomic E-state index is 0.294. The van der Waals surface area contributed by atoms with Crippen LogP contribution in [-0.4, -0.2) is 28.2 Å². The Morgan fingerprint density at radius 1 is 1.15 bits per heavy atom. The van der Waals surface area contributed by atoms with Crippen molar-refractivity contribution >= 4 is 11.6 Å². The predicted molar refractivity (Wildman–Crippen MR) is 100.0 cm³/mol. The number of hydrogen-bond acceptors (Lipinski definition) is 5. The van der Waals surface area contributed by atoms with Crippen molar-refractivity contribution < 1.29 is 13.5 Å². The second-order valence-corrected chi connectivity index (χ2v) is 6.97. The summed E-state index contributed by atoms with van der Waals surface area (Å²) in [5.41, 5.74) is 1.32. The van der Waals surface area contributed by atoms with Gasteiger partial charge in [0.15, 0.2) is 0 Å². The van der Waals surface area contributed by atoms with Crippen LogP contribution < -0.4 is 4.74 Å². The van der Waals surface area contributed by atoms with Crippen LogP contribution in [0.5, 0.6) is 5.75 Å². The fraction of sp³-hybridized carbons (Fsp3) is 0.300. The SMILES string of the molecule is COc1ccc(-c2nnc(CN(Cc3c(F)cccc3Cl)C3CC3)o2)cc1. The van der Waals surface area contributed by atoms with Gasteiger partial charge in [-0.1, -0.05) is 17.7 Å². The van der Waals surface area contributed by atoms with Crippen molar-refractivity contribution in [1.82, 2.24) is 15.1 Å². The molecule has 1 aromatic heterocycles. The molecule has 0 saturated heterocycles. The minimum atomic E-state index is -0.294. The van der Waals surface area contributed by atoms with Gasteiger partial charge >= 0.3 is 0 Å². The minimum Gasteiger partial charge on any atom is -0.497 e.